The van der Waals surface area contributed by atoms with Crippen LogP contribution in [0.25, 0.3) is 11.6 Å². The highest BCUT2D eigenvalue weighted by atomic mass is 15.4. The van der Waals surface area contributed by atoms with Crippen molar-refractivity contribution in [3.8, 4) is 11.6 Å². The van der Waals surface area contributed by atoms with E-state index < -0.39 is 0 Å². The van der Waals surface area contributed by atoms with Gasteiger partial charge in [-0.2, -0.15) is 14.9 Å². The van der Waals surface area contributed by atoms with Crippen LogP contribution in [0, 0.1) is 13.8 Å². The molecule has 8 nitrogen and oxygen atoms in total. The van der Waals surface area contributed by atoms with Crippen LogP contribution >= 0.6 is 0 Å². The maximum absolute atomic E-state index is 4.64. The summed E-state index contributed by atoms with van der Waals surface area (Å²) >= 11 is 0. The normalized spacial score (nSPS) is 13.7. The lowest BCUT2D eigenvalue weighted by molar-refractivity contribution is 0.249. The van der Waals surface area contributed by atoms with Crippen molar-refractivity contribution in [1.82, 2.24) is 34.4 Å². The summed E-state index contributed by atoms with van der Waals surface area (Å²) in [5, 5.41) is 8.88. The van der Waals surface area contributed by atoms with E-state index in [4.69, 9.17) is 0 Å². The second-order valence-electron chi connectivity index (χ2n) is 9.08. The van der Waals surface area contributed by atoms with Gasteiger partial charge in [-0.15, -0.1) is 0 Å². The number of benzene rings is 1. The SMILES string of the molecule is Cc1cc(N2CCN(Cc3ccccc3)CC2)n(-c2ccccn2)n1.Cc1ccn(-c2ccccn2)n1. The van der Waals surface area contributed by atoms with E-state index >= 15 is 0 Å². The summed E-state index contributed by atoms with van der Waals surface area (Å²) in [6, 6.07) is 26.5. The molecule has 37 heavy (non-hydrogen) atoms. The molecule has 1 fully saturated rings. The molecule has 5 heterocycles. The van der Waals surface area contributed by atoms with Crippen molar-refractivity contribution in [3.63, 3.8) is 0 Å². The van der Waals surface area contributed by atoms with Crippen molar-refractivity contribution in [2.45, 2.75) is 20.4 Å². The molecule has 4 aromatic heterocycles. The Labute approximate surface area is 217 Å². The molecule has 5 aromatic rings. The molecule has 6 rings (SSSR count). The van der Waals surface area contributed by atoms with Gasteiger partial charge in [0.1, 0.15) is 5.82 Å². The second kappa shape index (κ2) is 11.6. The molecule has 0 atom stereocenters. The number of hydrogen-bond acceptors (Lipinski definition) is 6. The average molecular weight is 493 g/mol. The Morgan fingerprint density at radius 1 is 0.676 bits per heavy atom. The van der Waals surface area contributed by atoms with Gasteiger partial charge in [-0.05, 0) is 49.7 Å². The predicted molar refractivity (Wildman–Crippen MR) is 146 cm³/mol. The van der Waals surface area contributed by atoms with Gasteiger partial charge in [0.15, 0.2) is 11.6 Å². The smallest absolute Gasteiger partial charge is 0.155 e. The van der Waals surface area contributed by atoms with Crippen LogP contribution in [0.5, 0.6) is 0 Å². The minimum Gasteiger partial charge on any atom is -0.354 e. The summed E-state index contributed by atoms with van der Waals surface area (Å²) in [6.45, 7) is 9.14. The standard InChI is InChI=1S/C20H23N5.C9H9N3/c1-17-15-20(25(22-17)19-9-5-6-10-21-19)24-13-11-23(12-14-24)16-18-7-3-2-4-8-18;1-8-5-7-12(11-8)9-4-2-3-6-10-9/h2-10,15H,11-14,16H2,1H3;2-7H,1H3. The minimum absolute atomic E-state index is 0.852. The molecule has 0 aliphatic carbocycles. The molecule has 1 aliphatic heterocycles. The topological polar surface area (TPSA) is 67.9 Å². The van der Waals surface area contributed by atoms with Crippen LogP contribution in [0.2, 0.25) is 0 Å². The van der Waals surface area contributed by atoms with Crippen molar-refractivity contribution in [3.05, 3.63) is 114 Å². The lowest BCUT2D eigenvalue weighted by Gasteiger charge is -2.35. The molecule has 8 heteroatoms. The Morgan fingerprint density at radius 2 is 1.35 bits per heavy atom. The molecule has 0 saturated carbocycles. The first kappa shape index (κ1) is 24.4. The van der Waals surface area contributed by atoms with E-state index in [9.17, 15) is 0 Å². The summed E-state index contributed by atoms with van der Waals surface area (Å²) in [7, 11) is 0. The van der Waals surface area contributed by atoms with Crippen molar-refractivity contribution < 1.29 is 0 Å². The first-order chi connectivity index (χ1) is 18.2. The van der Waals surface area contributed by atoms with Crippen LogP contribution in [0.3, 0.4) is 0 Å². The van der Waals surface area contributed by atoms with Crippen molar-refractivity contribution in [1.29, 1.82) is 0 Å². The Hall–Kier alpha value is -4.30. The third-order valence-corrected chi connectivity index (χ3v) is 6.23. The highest BCUT2D eigenvalue weighted by molar-refractivity contribution is 5.46. The average Bonchev–Trinajstić information content (AvgIpc) is 3.57. The number of rotatable bonds is 5. The molecule has 1 aromatic carbocycles. The van der Waals surface area contributed by atoms with Gasteiger partial charge in [0.05, 0.1) is 11.4 Å². The van der Waals surface area contributed by atoms with E-state index in [1.54, 1.807) is 10.9 Å². The number of piperazine rings is 1. The van der Waals surface area contributed by atoms with Crippen LogP contribution in [0.15, 0.2) is 97.5 Å². The van der Waals surface area contributed by atoms with Crippen molar-refractivity contribution >= 4 is 5.82 Å². The van der Waals surface area contributed by atoms with E-state index in [0.29, 0.717) is 0 Å². The van der Waals surface area contributed by atoms with Crippen LogP contribution < -0.4 is 4.90 Å². The molecule has 0 spiro atoms. The van der Waals surface area contributed by atoms with Gasteiger partial charge >= 0.3 is 0 Å². The fourth-order valence-electron chi connectivity index (χ4n) is 4.37. The Kier molecular flexibility index (Phi) is 7.66. The summed E-state index contributed by atoms with van der Waals surface area (Å²) in [5.41, 5.74) is 3.40. The lowest BCUT2D eigenvalue weighted by atomic mass is 10.2. The van der Waals surface area contributed by atoms with Crippen LogP contribution in [-0.4, -0.2) is 60.6 Å². The zero-order chi connectivity index (χ0) is 25.5. The van der Waals surface area contributed by atoms with Gasteiger partial charge in [-0.1, -0.05) is 42.5 Å². The molecule has 1 aliphatic rings. The highest BCUT2D eigenvalue weighted by Crippen LogP contribution is 2.22. The molecule has 1 saturated heterocycles. The van der Waals surface area contributed by atoms with Crippen LogP contribution in [-0.2, 0) is 6.54 Å². The first-order valence-electron chi connectivity index (χ1n) is 12.6. The van der Waals surface area contributed by atoms with Gasteiger partial charge < -0.3 is 4.90 Å². The van der Waals surface area contributed by atoms with Gasteiger partial charge in [0.2, 0.25) is 0 Å². The van der Waals surface area contributed by atoms with Crippen molar-refractivity contribution in [2.24, 2.45) is 0 Å². The van der Waals surface area contributed by atoms with Gasteiger partial charge in [0, 0.05) is 57.4 Å². The zero-order valence-corrected chi connectivity index (χ0v) is 21.4. The van der Waals surface area contributed by atoms with E-state index in [1.165, 1.54) is 5.56 Å². The molecular weight excluding hydrogens is 460 g/mol. The maximum atomic E-state index is 4.64. The number of aromatic nitrogens is 6. The molecular formula is C29H32N8. The summed E-state index contributed by atoms with van der Waals surface area (Å²) in [4.78, 5) is 13.5. The number of anilines is 1. The Morgan fingerprint density at radius 3 is 1.97 bits per heavy atom. The summed E-state index contributed by atoms with van der Waals surface area (Å²) in [5.74, 6) is 2.86. The highest BCUT2D eigenvalue weighted by Gasteiger charge is 2.21. The lowest BCUT2D eigenvalue weighted by Crippen LogP contribution is -2.46. The number of hydrogen-bond donors (Lipinski definition) is 0. The van der Waals surface area contributed by atoms with Crippen LogP contribution in [0.4, 0.5) is 5.82 Å². The zero-order valence-electron chi connectivity index (χ0n) is 21.4. The van der Waals surface area contributed by atoms with Gasteiger partial charge in [-0.25, -0.2) is 14.6 Å². The van der Waals surface area contributed by atoms with Gasteiger partial charge in [0.25, 0.3) is 0 Å². The Balaban J connectivity index is 0.000000195. The predicted octanol–water partition coefficient (Wildman–Crippen LogP) is 4.47. The fraction of sp³-hybridized carbons (Fsp3) is 0.241. The number of pyridine rings is 2. The van der Waals surface area contributed by atoms with Gasteiger partial charge in [-0.3, -0.25) is 4.90 Å². The third-order valence-electron chi connectivity index (χ3n) is 6.23. The van der Waals surface area contributed by atoms with E-state index in [0.717, 1.165) is 61.6 Å². The number of aryl methyl sites for hydroxylation is 2. The van der Waals surface area contributed by atoms with Crippen LogP contribution in [0.1, 0.15) is 17.0 Å². The molecule has 0 radical (unpaired) electrons. The summed E-state index contributed by atoms with van der Waals surface area (Å²) in [6.07, 6.45) is 5.47. The fourth-order valence-corrected chi connectivity index (χ4v) is 4.37. The number of nitrogens with zero attached hydrogens (tertiary/aromatic N) is 8. The quantitative estimate of drug-likeness (QED) is 0.361. The monoisotopic (exact) mass is 492 g/mol. The third kappa shape index (κ3) is 6.29. The largest absolute Gasteiger partial charge is 0.354 e. The maximum Gasteiger partial charge on any atom is 0.155 e. The first-order valence-corrected chi connectivity index (χ1v) is 12.6. The second-order valence-corrected chi connectivity index (χ2v) is 9.08. The van der Waals surface area contributed by atoms with Crippen molar-refractivity contribution in [2.75, 3.05) is 31.1 Å². The molecule has 0 bridgehead atoms. The molecule has 188 valence electrons. The van der Waals surface area contributed by atoms with E-state index in [2.05, 4.69) is 66.4 Å². The molecule has 0 amide bonds. The van der Waals surface area contributed by atoms with E-state index in [-0.39, 0.29) is 0 Å². The summed E-state index contributed by atoms with van der Waals surface area (Å²) < 4.78 is 3.72. The minimum atomic E-state index is 0.852. The van der Waals surface area contributed by atoms with E-state index in [1.807, 2.05) is 73.4 Å². The molecule has 0 unspecified atom stereocenters. The molecule has 0 N–H and O–H groups in total. The Bertz CT molecular complexity index is 1370.